The van der Waals surface area contributed by atoms with Crippen molar-refractivity contribution >= 4 is 12.0 Å². The summed E-state index contributed by atoms with van der Waals surface area (Å²) in [5.41, 5.74) is 1.49. The minimum Gasteiger partial charge on any atom is -0.455 e. The number of hydrogen-bond donors (Lipinski definition) is 0. The molecule has 4 aliphatic carbocycles. The van der Waals surface area contributed by atoms with Crippen molar-refractivity contribution in [2.24, 2.45) is 23.7 Å². The van der Waals surface area contributed by atoms with Gasteiger partial charge in [0, 0.05) is 0 Å². The van der Waals surface area contributed by atoms with Crippen LogP contribution in [0.3, 0.4) is 0 Å². The van der Waals surface area contributed by atoms with Crippen molar-refractivity contribution in [1.29, 1.82) is 0 Å². The summed E-state index contributed by atoms with van der Waals surface area (Å²) in [6.45, 7) is 5.96. The molecular weight excluding hydrogens is 284 g/mol. The van der Waals surface area contributed by atoms with Crippen LogP contribution in [0.15, 0.2) is 30.8 Å². The number of hydrogen-bond acceptors (Lipinski definition) is 2. The Morgan fingerprint density at radius 3 is 2.17 bits per heavy atom. The Labute approximate surface area is 138 Å². The maximum absolute atomic E-state index is 12.8. The first-order valence-corrected chi connectivity index (χ1v) is 9.10. The average Bonchev–Trinajstić information content (AvgIpc) is 2.57. The van der Waals surface area contributed by atoms with Gasteiger partial charge in [-0.1, -0.05) is 31.7 Å². The SMILES string of the molecule is C=Cc1ccc(C(=O)OC2(CC)C3CC4CC(C3)CC2C4)cc1. The van der Waals surface area contributed by atoms with Gasteiger partial charge in [0.15, 0.2) is 0 Å². The number of benzene rings is 1. The van der Waals surface area contributed by atoms with E-state index >= 15 is 0 Å². The Morgan fingerprint density at radius 2 is 1.70 bits per heavy atom. The van der Waals surface area contributed by atoms with Crippen LogP contribution in [0.2, 0.25) is 0 Å². The summed E-state index contributed by atoms with van der Waals surface area (Å²) in [6.07, 6.45) is 9.24. The minimum atomic E-state index is -0.207. The molecule has 2 heteroatoms. The predicted octanol–water partition coefficient (Wildman–Crippen LogP) is 5.09. The highest BCUT2D eigenvalue weighted by Gasteiger charge is 2.58. The second-order valence-corrected chi connectivity index (χ2v) is 7.83. The molecule has 0 atom stereocenters. The Hall–Kier alpha value is -1.57. The Kier molecular flexibility index (Phi) is 3.59. The molecule has 0 radical (unpaired) electrons. The monoisotopic (exact) mass is 310 g/mol. The van der Waals surface area contributed by atoms with Crippen LogP contribution in [0.1, 0.15) is 61.4 Å². The fraction of sp³-hybridized carbons (Fsp3) is 0.571. The molecule has 1 aromatic carbocycles. The first kappa shape index (κ1) is 15.0. The van der Waals surface area contributed by atoms with Crippen molar-refractivity contribution in [2.45, 2.75) is 51.0 Å². The Balaban J connectivity index is 1.57. The van der Waals surface area contributed by atoms with Crippen LogP contribution < -0.4 is 0 Å². The van der Waals surface area contributed by atoms with Gasteiger partial charge >= 0.3 is 5.97 Å². The number of carbonyl (C=O) groups is 1. The highest BCUT2D eigenvalue weighted by Crippen LogP contribution is 2.60. The summed E-state index contributed by atoms with van der Waals surface area (Å²) in [5.74, 6) is 2.81. The highest BCUT2D eigenvalue weighted by atomic mass is 16.6. The molecule has 0 amide bonds. The van der Waals surface area contributed by atoms with E-state index in [4.69, 9.17) is 4.74 Å². The zero-order valence-electron chi connectivity index (χ0n) is 14.0. The molecule has 2 nitrogen and oxygen atoms in total. The molecule has 4 bridgehead atoms. The number of ether oxygens (including phenoxy) is 1. The fourth-order valence-corrected chi connectivity index (χ4v) is 5.78. The van der Waals surface area contributed by atoms with Crippen LogP contribution in [0, 0.1) is 23.7 Å². The van der Waals surface area contributed by atoms with E-state index in [9.17, 15) is 4.79 Å². The van der Waals surface area contributed by atoms with Gasteiger partial charge in [0.25, 0.3) is 0 Å². The third kappa shape index (κ3) is 2.34. The molecule has 122 valence electrons. The minimum absolute atomic E-state index is 0.144. The lowest BCUT2D eigenvalue weighted by Crippen LogP contribution is -2.59. The second kappa shape index (κ2) is 5.51. The lowest BCUT2D eigenvalue weighted by Gasteiger charge is -2.60. The van der Waals surface area contributed by atoms with E-state index in [1.165, 1.54) is 32.1 Å². The molecule has 23 heavy (non-hydrogen) atoms. The van der Waals surface area contributed by atoms with Crippen LogP contribution in [0.5, 0.6) is 0 Å². The first-order chi connectivity index (χ1) is 11.1. The Morgan fingerprint density at radius 1 is 1.13 bits per heavy atom. The third-order valence-electron chi connectivity index (χ3n) is 6.74. The van der Waals surface area contributed by atoms with E-state index in [1.54, 1.807) is 6.08 Å². The molecular formula is C21H26O2. The van der Waals surface area contributed by atoms with E-state index in [2.05, 4.69) is 13.5 Å². The summed E-state index contributed by atoms with van der Waals surface area (Å²) >= 11 is 0. The van der Waals surface area contributed by atoms with Crippen LogP contribution in [-0.2, 0) is 4.74 Å². The lowest BCUT2D eigenvalue weighted by molar-refractivity contribution is -0.176. The zero-order valence-corrected chi connectivity index (χ0v) is 14.0. The molecule has 0 saturated heterocycles. The lowest BCUT2D eigenvalue weighted by atomic mass is 9.49. The van der Waals surface area contributed by atoms with Gasteiger partial charge in [-0.05, 0) is 79.9 Å². The van der Waals surface area contributed by atoms with Crippen molar-refractivity contribution in [2.75, 3.05) is 0 Å². The van der Waals surface area contributed by atoms with Crippen LogP contribution in [0.4, 0.5) is 0 Å². The van der Waals surface area contributed by atoms with Crippen molar-refractivity contribution in [3.05, 3.63) is 42.0 Å². The number of rotatable bonds is 4. The smallest absolute Gasteiger partial charge is 0.338 e. The summed E-state index contributed by atoms with van der Waals surface area (Å²) in [5, 5.41) is 0. The number of carbonyl (C=O) groups excluding carboxylic acids is 1. The standard InChI is InChI=1S/C21H26O2/c1-3-14-5-7-17(8-6-14)20(22)23-21(4-2)18-10-15-9-16(12-18)13-19(21)11-15/h3,5-8,15-16,18-19H,1,4,9-13H2,2H3. The van der Waals surface area contributed by atoms with Gasteiger partial charge in [0.2, 0.25) is 0 Å². The highest BCUT2D eigenvalue weighted by molar-refractivity contribution is 5.90. The van der Waals surface area contributed by atoms with E-state index < -0.39 is 0 Å². The fourth-order valence-electron chi connectivity index (χ4n) is 5.78. The van der Waals surface area contributed by atoms with Crippen LogP contribution in [-0.4, -0.2) is 11.6 Å². The molecule has 0 aromatic heterocycles. The van der Waals surface area contributed by atoms with Gasteiger partial charge in [-0.2, -0.15) is 0 Å². The van der Waals surface area contributed by atoms with E-state index in [-0.39, 0.29) is 11.6 Å². The van der Waals surface area contributed by atoms with E-state index in [0.717, 1.165) is 23.8 Å². The van der Waals surface area contributed by atoms with Gasteiger partial charge in [0.05, 0.1) is 5.56 Å². The molecule has 1 aromatic rings. The molecule has 0 heterocycles. The summed E-state index contributed by atoms with van der Waals surface area (Å²) in [7, 11) is 0. The summed E-state index contributed by atoms with van der Waals surface area (Å²) in [4.78, 5) is 12.8. The molecule has 0 spiro atoms. The normalized spacial score (nSPS) is 37.6. The van der Waals surface area contributed by atoms with E-state index in [0.29, 0.717) is 17.4 Å². The van der Waals surface area contributed by atoms with Gasteiger partial charge in [-0.3, -0.25) is 0 Å². The van der Waals surface area contributed by atoms with Crippen LogP contribution >= 0.6 is 0 Å². The molecule has 4 saturated carbocycles. The van der Waals surface area contributed by atoms with Gasteiger partial charge in [-0.15, -0.1) is 0 Å². The molecule has 5 rings (SSSR count). The maximum atomic E-state index is 12.8. The maximum Gasteiger partial charge on any atom is 0.338 e. The van der Waals surface area contributed by atoms with Gasteiger partial charge < -0.3 is 4.74 Å². The van der Waals surface area contributed by atoms with Gasteiger partial charge in [0.1, 0.15) is 5.60 Å². The molecule has 4 fully saturated rings. The summed E-state index contributed by atoms with van der Waals surface area (Å²) < 4.78 is 6.26. The molecule has 0 N–H and O–H groups in total. The quantitative estimate of drug-likeness (QED) is 0.724. The molecule has 0 aliphatic heterocycles. The molecule has 4 aliphatic rings. The predicted molar refractivity (Wildman–Crippen MR) is 92.0 cm³/mol. The topological polar surface area (TPSA) is 26.3 Å². The zero-order chi connectivity index (χ0) is 16.0. The van der Waals surface area contributed by atoms with Crippen molar-refractivity contribution in [3.8, 4) is 0 Å². The average molecular weight is 310 g/mol. The van der Waals surface area contributed by atoms with Crippen LogP contribution in [0.25, 0.3) is 6.08 Å². The van der Waals surface area contributed by atoms with Crippen molar-refractivity contribution in [3.63, 3.8) is 0 Å². The van der Waals surface area contributed by atoms with Gasteiger partial charge in [-0.25, -0.2) is 4.79 Å². The van der Waals surface area contributed by atoms with Crippen molar-refractivity contribution < 1.29 is 9.53 Å². The second-order valence-electron chi connectivity index (χ2n) is 7.83. The number of esters is 1. The third-order valence-corrected chi connectivity index (χ3v) is 6.74. The molecule has 0 unspecified atom stereocenters. The largest absolute Gasteiger partial charge is 0.455 e. The van der Waals surface area contributed by atoms with E-state index in [1.807, 2.05) is 24.3 Å². The first-order valence-electron chi connectivity index (χ1n) is 9.10. The summed E-state index contributed by atoms with van der Waals surface area (Å²) in [6, 6.07) is 7.58. The Bertz CT molecular complexity index is 585. The van der Waals surface area contributed by atoms with Crippen molar-refractivity contribution in [1.82, 2.24) is 0 Å².